The van der Waals surface area contributed by atoms with Crippen LogP contribution < -0.4 is 20.4 Å². The van der Waals surface area contributed by atoms with Crippen LogP contribution in [0.4, 0.5) is 30.8 Å². The van der Waals surface area contributed by atoms with Crippen LogP contribution in [0.3, 0.4) is 0 Å². The molecule has 0 aliphatic carbocycles. The number of fused-ring (bicyclic) bond motifs is 4. The molecule has 0 radical (unpaired) electrons. The number of ether oxygens (including phenoxy) is 1. The Morgan fingerprint density at radius 1 is 0.948 bits per heavy atom. The molecule has 306 valence electrons. The Hall–Kier alpha value is -5.62. The van der Waals surface area contributed by atoms with Gasteiger partial charge in [-0.3, -0.25) is 24.6 Å². The number of phenolic OH excluding ortho intramolecular Hbond substituents is 1. The van der Waals surface area contributed by atoms with Gasteiger partial charge in [-0.05, 0) is 56.2 Å². The highest BCUT2D eigenvalue weighted by Crippen LogP contribution is 2.38. The van der Waals surface area contributed by atoms with E-state index in [1.165, 1.54) is 0 Å². The number of aromatic nitrogens is 2. The minimum absolute atomic E-state index is 0.00912. The first kappa shape index (κ1) is 37.9. The predicted octanol–water partition coefficient (Wildman–Crippen LogP) is 2.22. The van der Waals surface area contributed by atoms with E-state index in [0.29, 0.717) is 102 Å². The van der Waals surface area contributed by atoms with Crippen molar-refractivity contribution >= 4 is 40.9 Å². The number of piperazine rings is 2. The van der Waals surface area contributed by atoms with Crippen LogP contribution in [-0.2, 0) is 20.9 Å². The van der Waals surface area contributed by atoms with Crippen LogP contribution in [0, 0.1) is 11.6 Å². The van der Waals surface area contributed by atoms with Gasteiger partial charge in [-0.2, -0.15) is 0 Å². The highest BCUT2D eigenvalue weighted by Gasteiger charge is 2.42. The molecule has 0 saturated carbocycles. The number of nitrogens with zero attached hydrogens (tertiary/aromatic N) is 8. The number of piperidine rings is 1. The van der Waals surface area contributed by atoms with Crippen molar-refractivity contribution < 1.29 is 37.8 Å². The zero-order valence-corrected chi connectivity index (χ0v) is 32.4. The van der Waals surface area contributed by atoms with Crippen LogP contribution in [0.5, 0.6) is 5.75 Å². The molecule has 0 spiro atoms. The van der Waals surface area contributed by atoms with Gasteiger partial charge in [0, 0.05) is 107 Å². The van der Waals surface area contributed by atoms with Gasteiger partial charge in [0.25, 0.3) is 5.91 Å². The topological polar surface area (TPSA) is 167 Å². The van der Waals surface area contributed by atoms with E-state index < -0.39 is 29.3 Å². The van der Waals surface area contributed by atoms with E-state index >= 15 is 0 Å². The fourth-order valence-electron chi connectivity index (χ4n) is 9.59. The first-order valence-electron chi connectivity index (χ1n) is 19.9. The summed E-state index contributed by atoms with van der Waals surface area (Å²) in [5, 5.41) is 24.3. The molecular weight excluding hydrogens is 754 g/mol. The largest absolute Gasteiger partial charge is 0.504 e. The van der Waals surface area contributed by atoms with E-state index in [2.05, 4.69) is 49.4 Å². The molecule has 16 nitrogen and oxygen atoms in total. The molecule has 58 heavy (non-hydrogen) atoms. The Labute approximate surface area is 333 Å². The number of anilines is 3. The maximum Gasteiger partial charge on any atom is 0.320 e. The Morgan fingerprint density at radius 3 is 2.55 bits per heavy atom. The zero-order valence-electron chi connectivity index (χ0n) is 32.4. The van der Waals surface area contributed by atoms with Gasteiger partial charge in [-0.1, -0.05) is 0 Å². The fraction of sp³-hybridized carbons (Fsp3) is 0.500. The van der Waals surface area contributed by atoms with Crippen LogP contribution >= 0.6 is 0 Å². The van der Waals surface area contributed by atoms with E-state index in [9.17, 15) is 33.1 Å². The number of morpholine rings is 1. The van der Waals surface area contributed by atoms with Crippen molar-refractivity contribution in [2.75, 3.05) is 80.6 Å². The number of amides is 5. The average molecular weight is 801 g/mol. The maximum absolute atomic E-state index is 14.2. The number of hydrogen-bond acceptors (Lipinski definition) is 12. The highest BCUT2D eigenvalue weighted by molar-refractivity contribution is 6.05. The first-order valence-corrected chi connectivity index (χ1v) is 19.9. The molecular formula is C40H46F2N10O6. The third-order valence-electron chi connectivity index (χ3n) is 12.3. The molecule has 5 amide bonds. The molecule has 1 aromatic heterocycles. The van der Waals surface area contributed by atoms with Gasteiger partial charge in [-0.25, -0.2) is 13.6 Å². The van der Waals surface area contributed by atoms with Crippen LogP contribution in [0.25, 0.3) is 11.3 Å². The average Bonchev–Trinajstić information content (AvgIpc) is 3.53. The number of carbonyl (C=O) groups excluding carboxylic acids is 4. The smallest absolute Gasteiger partial charge is 0.320 e. The lowest BCUT2D eigenvalue weighted by Gasteiger charge is -2.50. The standard InChI is InChI=1S/C40H46F2N10O6/c1-22-16-47(20-28-21-48(9-10-58-28)26-3-4-29-24(11-26)18-51(39(29)56)33-5-6-35(53)44-38(33)55)17-23(2)52(22)40(57)49-7-8-50-27(19-49)15-43-37-34(50)14-32(45-46-37)30-12-25(41)13-31(42)36(30)54/h3-4,11-14,22-23,27-28,33,54H,5-10,15-21H2,1-2H3,(H,43,46)(H,44,53,55)/t22-,23+,27-,28-,33?/m0/s1. The van der Waals surface area contributed by atoms with Crippen LogP contribution in [0.2, 0.25) is 0 Å². The molecule has 7 heterocycles. The molecule has 6 aliphatic heterocycles. The molecule has 3 N–H and O–H groups in total. The molecule has 5 atom stereocenters. The Kier molecular flexibility index (Phi) is 9.78. The molecule has 18 heteroatoms. The number of carbonyl (C=O) groups is 4. The SMILES string of the molecule is C[C@@H]1CN(C[C@H]2CN(c3ccc4c(c3)CN(C3CCC(=O)NC3=O)C4=O)CCO2)C[C@H](C)N1C(=O)N1CCN2c3cc(-c4cc(F)cc(F)c4O)nnc3NC[C@H]2C1. The molecule has 1 unspecified atom stereocenters. The third-order valence-corrected chi connectivity index (χ3v) is 12.3. The number of aromatic hydroxyl groups is 1. The maximum atomic E-state index is 14.2. The molecule has 2 aromatic carbocycles. The van der Waals surface area contributed by atoms with Gasteiger partial charge >= 0.3 is 6.03 Å². The second-order valence-electron chi connectivity index (χ2n) is 16.2. The van der Waals surface area contributed by atoms with Crippen molar-refractivity contribution in [1.29, 1.82) is 0 Å². The van der Waals surface area contributed by atoms with Crippen molar-refractivity contribution in [3.8, 4) is 17.0 Å². The minimum atomic E-state index is -1.08. The molecule has 6 aliphatic rings. The minimum Gasteiger partial charge on any atom is -0.504 e. The van der Waals surface area contributed by atoms with Gasteiger partial charge in [-0.15, -0.1) is 10.2 Å². The second-order valence-corrected chi connectivity index (χ2v) is 16.2. The van der Waals surface area contributed by atoms with Gasteiger partial charge in [0.15, 0.2) is 17.4 Å². The quantitative estimate of drug-likeness (QED) is 0.323. The number of nitrogens with one attached hydrogen (secondary N) is 2. The van der Waals surface area contributed by atoms with Crippen molar-refractivity contribution in [2.45, 2.75) is 63.5 Å². The van der Waals surface area contributed by atoms with E-state index in [0.717, 1.165) is 17.3 Å². The number of halogens is 2. The summed E-state index contributed by atoms with van der Waals surface area (Å²) in [4.78, 5) is 63.8. The van der Waals surface area contributed by atoms with E-state index in [4.69, 9.17) is 4.74 Å². The summed E-state index contributed by atoms with van der Waals surface area (Å²) in [7, 11) is 0. The number of rotatable bonds is 5. The van der Waals surface area contributed by atoms with Crippen LogP contribution in [0.1, 0.15) is 42.6 Å². The molecule has 4 saturated heterocycles. The first-order chi connectivity index (χ1) is 27.9. The van der Waals surface area contributed by atoms with Crippen LogP contribution in [0.15, 0.2) is 36.4 Å². The van der Waals surface area contributed by atoms with Crippen molar-refractivity contribution in [3.63, 3.8) is 0 Å². The van der Waals surface area contributed by atoms with E-state index in [1.54, 1.807) is 11.0 Å². The van der Waals surface area contributed by atoms with Crippen molar-refractivity contribution in [3.05, 3.63) is 59.2 Å². The van der Waals surface area contributed by atoms with Gasteiger partial charge in [0.05, 0.1) is 30.1 Å². The predicted molar refractivity (Wildman–Crippen MR) is 207 cm³/mol. The molecule has 0 bridgehead atoms. The number of benzene rings is 2. The second kappa shape index (κ2) is 15.0. The summed E-state index contributed by atoms with van der Waals surface area (Å²) in [6, 6.07) is 8.31. The summed E-state index contributed by atoms with van der Waals surface area (Å²) in [6.45, 7) is 10.5. The van der Waals surface area contributed by atoms with E-state index in [-0.39, 0.29) is 59.8 Å². The lowest BCUT2D eigenvalue weighted by atomic mass is 10.0. The summed E-state index contributed by atoms with van der Waals surface area (Å²) < 4.78 is 34.4. The number of hydrogen-bond donors (Lipinski definition) is 3. The summed E-state index contributed by atoms with van der Waals surface area (Å²) in [5.74, 6) is -3.00. The van der Waals surface area contributed by atoms with Gasteiger partial charge in [0.1, 0.15) is 11.9 Å². The number of urea groups is 1. The number of phenols is 1. The highest BCUT2D eigenvalue weighted by atomic mass is 19.1. The lowest BCUT2D eigenvalue weighted by molar-refractivity contribution is -0.136. The monoisotopic (exact) mass is 800 g/mol. The summed E-state index contributed by atoms with van der Waals surface area (Å²) in [6.07, 6.45) is 0.476. The molecule has 4 fully saturated rings. The molecule has 9 rings (SSSR count). The summed E-state index contributed by atoms with van der Waals surface area (Å²) >= 11 is 0. The van der Waals surface area contributed by atoms with Crippen LogP contribution in [-0.4, -0.2) is 154 Å². The molecule has 3 aromatic rings. The Morgan fingerprint density at radius 2 is 1.76 bits per heavy atom. The zero-order chi connectivity index (χ0) is 40.4. The lowest BCUT2D eigenvalue weighted by Crippen LogP contribution is -2.66. The Balaban J connectivity index is 0.801. The summed E-state index contributed by atoms with van der Waals surface area (Å²) in [5.41, 5.74) is 3.20. The van der Waals surface area contributed by atoms with Gasteiger partial charge < -0.3 is 39.7 Å². The van der Waals surface area contributed by atoms with E-state index in [1.807, 2.05) is 28.0 Å². The Bertz CT molecular complexity index is 2170. The third kappa shape index (κ3) is 6.91. The van der Waals surface area contributed by atoms with Crippen molar-refractivity contribution in [1.82, 2.24) is 35.1 Å². The normalized spacial score (nSPS) is 26.2. The number of imide groups is 1. The van der Waals surface area contributed by atoms with Crippen molar-refractivity contribution in [2.24, 2.45) is 0 Å². The van der Waals surface area contributed by atoms with Gasteiger partial charge in [0.2, 0.25) is 11.8 Å². The fourth-order valence-corrected chi connectivity index (χ4v) is 9.59.